The summed E-state index contributed by atoms with van der Waals surface area (Å²) in [6.07, 6.45) is 0. The van der Waals surface area contributed by atoms with Crippen molar-refractivity contribution in [2.24, 2.45) is 0 Å². The standard InChI is InChI=1S/C12H12FNO3S2/c1-8-2-3-9(6-11(8)13)14-19(16,17)12-5-4-10(7-15)18-12/h2-6,14-15H,7H2,1H3. The summed E-state index contributed by atoms with van der Waals surface area (Å²) >= 11 is 0.972. The molecule has 1 heterocycles. The van der Waals surface area contributed by atoms with Gasteiger partial charge in [-0.2, -0.15) is 0 Å². The van der Waals surface area contributed by atoms with Gasteiger partial charge in [-0.3, -0.25) is 4.72 Å². The number of hydrogen-bond donors (Lipinski definition) is 2. The van der Waals surface area contributed by atoms with Crippen LogP contribution in [0.25, 0.3) is 0 Å². The molecule has 0 aliphatic rings. The molecule has 0 saturated carbocycles. The van der Waals surface area contributed by atoms with Crippen LogP contribution in [0.15, 0.2) is 34.5 Å². The first-order chi connectivity index (χ1) is 8.92. The Morgan fingerprint density at radius 3 is 2.63 bits per heavy atom. The van der Waals surface area contributed by atoms with Gasteiger partial charge >= 0.3 is 0 Å². The van der Waals surface area contributed by atoms with Crippen LogP contribution in [0.2, 0.25) is 0 Å². The highest BCUT2D eigenvalue weighted by molar-refractivity contribution is 7.94. The van der Waals surface area contributed by atoms with Gasteiger partial charge < -0.3 is 5.11 Å². The third-order valence-electron chi connectivity index (χ3n) is 2.48. The van der Waals surface area contributed by atoms with Crippen molar-refractivity contribution in [3.05, 3.63) is 46.6 Å². The number of aliphatic hydroxyl groups excluding tert-OH is 1. The lowest BCUT2D eigenvalue weighted by atomic mass is 10.2. The number of sulfonamides is 1. The molecule has 0 aliphatic heterocycles. The van der Waals surface area contributed by atoms with Gasteiger partial charge in [0.15, 0.2) is 0 Å². The van der Waals surface area contributed by atoms with E-state index in [1.807, 2.05) is 0 Å². The number of thiophene rings is 1. The van der Waals surface area contributed by atoms with Crippen LogP contribution in [0.5, 0.6) is 0 Å². The van der Waals surface area contributed by atoms with Gasteiger partial charge in [0.1, 0.15) is 10.0 Å². The molecule has 2 N–H and O–H groups in total. The molecule has 4 nitrogen and oxygen atoms in total. The highest BCUT2D eigenvalue weighted by atomic mass is 32.2. The fraction of sp³-hybridized carbons (Fsp3) is 0.167. The van der Waals surface area contributed by atoms with E-state index in [4.69, 9.17) is 5.11 Å². The second-order valence-corrected chi connectivity index (χ2v) is 7.03. The number of hydrogen-bond acceptors (Lipinski definition) is 4. The van der Waals surface area contributed by atoms with E-state index in [0.717, 1.165) is 17.4 Å². The maximum absolute atomic E-state index is 13.4. The SMILES string of the molecule is Cc1ccc(NS(=O)(=O)c2ccc(CO)s2)cc1F. The van der Waals surface area contributed by atoms with Gasteiger partial charge in [-0.1, -0.05) is 6.07 Å². The topological polar surface area (TPSA) is 66.4 Å². The lowest BCUT2D eigenvalue weighted by Crippen LogP contribution is -2.11. The first-order valence-corrected chi connectivity index (χ1v) is 7.71. The van der Waals surface area contributed by atoms with E-state index in [1.54, 1.807) is 6.92 Å². The van der Waals surface area contributed by atoms with Gasteiger partial charge in [0.05, 0.1) is 12.3 Å². The number of halogens is 1. The van der Waals surface area contributed by atoms with E-state index < -0.39 is 15.8 Å². The molecule has 1 aromatic carbocycles. The van der Waals surface area contributed by atoms with Gasteiger partial charge in [0.2, 0.25) is 0 Å². The summed E-state index contributed by atoms with van der Waals surface area (Å²) in [6.45, 7) is 1.39. The molecular weight excluding hydrogens is 289 g/mol. The molecule has 0 unspecified atom stereocenters. The van der Waals surface area contributed by atoms with E-state index in [-0.39, 0.29) is 16.5 Å². The molecule has 0 radical (unpaired) electrons. The molecule has 0 amide bonds. The highest BCUT2D eigenvalue weighted by Crippen LogP contribution is 2.24. The van der Waals surface area contributed by atoms with Gasteiger partial charge in [-0.05, 0) is 36.8 Å². The molecule has 0 spiro atoms. The van der Waals surface area contributed by atoms with E-state index in [0.29, 0.717) is 10.4 Å². The number of aliphatic hydroxyl groups is 1. The summed E-state index contributed by atoms with van der Waals surface area (Å²) in [6, 6.07) is 7.07. The van der Waals surface area contributed by atoms with Crippen LogP contribution in [-0.2, 0) is 16.6 Å². The first-order valence-electron chi connectivity index (χ1n) is 5.41. The van der Waals surface area contributed by atoms with Crippen molar-refractivity contribution < 1.29 is 17.9 Å². The average Bonchev–Trinajstić information content (AvgIpc) is 2.83. The molecule has 0 bridgehead atoms. The van der Waals surface area contributed by atoms with Gasteiger partial charge in [0, 0.05) is 4.88 Å². The molecule has 102 valence electrons. The molecule has 0 fully saturated rings. The predicted molar refractivity (Wildman–Crippen MR) is 72.2 cm³/mol. The van der Waals surface area contributed by atoms with E-state index >= 15 is 0 Å². The monoisotopic (exact) mass is 301 g/mol. The number of nitrogens with one attached hydrogen (secondary N) is 1. The molecular formula is C12H12FNO3S2. The summed E-state index contributed by atoms with van der Waals surface area (Å²) < 4.78 is 39.8. The van der Waals surface area contributed by atoms with Gasteiger partial charge in [0.25, 0.3) is 10.0 Å². The molecule has 1 aromatic heterocycles. The fourth-order valence-corrected chi connectivity index (χ4v) is 3.71. The Balaban J connectivity index is 2.28. The highest BCUT2D eigenvalue weighted by Gasteiger charge is 2.17. The normalized spacial score (nSPS) is 11.5. The lowest BCUT2D eigenvalue weighted by Gasteiger charge is -2.07. The zero-order chi connectivity index (χ0) is 14.0. The van der Waals surface area contributed by atoms with E-state index in [1.165, 1.54) is 24.3 Å². The summed E-state index contributed by atoms with van der Waals surface area (Å²) in [5.41, 5.74) is 0.615. The van der Waals surface area contributed by atoms with Crippen LogP contribution in [0.1, 0.15) is 10.4 Å². The summed E-state index contributed by atoms with van der Waals surface area (Å²) in [5.74, 6) is -0.470. The third kappa shape index (κ3) is 3.12. The minimum Gasteiger partial charge on any atom is -0.391 e. The quantitative estimate of drug-likeness (QED) is 0.912. The Morgan fingerprint density at radius 2 is 2.05 bits per heavy atom. The Hall–Kier alpha value is -1.44. The second-order valence-electron chi connectivity index (χ2n) is 3.95. The van der Waals surface area contributed by atoms with E-state index in [9.17, 15) is 12.8 Å². The maximum Gasteiger partial charge on any atom is 0.271 e. The summed E-state index contributed by atoms with van der Waals surface area (Å²) in [7, 11) is -3.74. The molecule has 2 aromatic rings. The molecule has 2 rings (SSSR count). The number of aryl methyl sites for hydroxylation is 1. The average molecular weight is 301 g/mol. The van der Waals surface area contributed by atoms with Crippen LogP contribution in [0.4, 0.5) is 10.1 Å². The van der Waals surface area contributed by atoms with Crippen LogP contribution in [0, 0.1) is 12.7 Å². The van der Waals surface area contributed by atoms with Crippen molar-refractivity contribution in [3.8, 4) is 0 Å². The van der Waals surface area contributed by atoms with Crippen LogP contribution < -0.4 is 4.72 Å². The lowest BCUT2D eigenvalue weighted by molar-refractivity contribution is 0.285. The van der Waals surface area contributed by atoms with Crippen molar-refractivity contribution in [1.82, 2.24) is 0 Å². The summed E-state index contributed by atoms with van der Waals surface area (Å²) in [5, 5.41) is 8.92. The predicted octanol–water partition coefficient (Wildman–Crippen LogP) is 2.49. The number of benzene rings is 1. The second kappa shape index (κ2) is 5.28. The van der Waals surface area contributed by atoms with Crippen LogP contribution in [-0.4, -0.2) is 13.5 Å². The van der Waals surface area contributed by atoms with Gasteiger partial charge in [-0.15, -0.1) is 11.3 Å². The first kappa shape index (κ1) is 14.0. The van der Waals surface area contributed by atoms with Crippen molar-refractivity contribution in [1.29, 1.82) is 0 Å². The minimum atomic E-state index is -3.74. The molecule has 7 heteroatoms. The fourth-order valence-electron chi connectivity index (χ4n) is 1.45. The largest absolute Gasteiger partial charge is 0.391 e. The third-order valence-corrected chi connectivity index (χ3v) is 5.42. The minimum absolute atomic E-state index is 0.0810. The summed E-state index contributed by atoms with van der Waals surface area (Å²) in [4.78, 5) is 0.551. The zero-order valence-corrected chi connectivity index (χ0v) is 11.7. The Labute approximate surface area is 114 Å². The molecule has 0 atom stereocenters. The Bertz CT molecular complexity index is 695. The Kier molecular flexibility index (Phi) is 3.88. The Morgan fingerprint density at radius 1 is 1.32 bits per heavy atom. The molecule has 0 saturated heterocycles. The molecule has 0 aliphatic carbocycles. The molecule has 19 heavy (non-hydrogen) atoms. The van der Waals surface area contributed by atoms with E-state index in [2.05, 4.69) is 4.72 Å². The number of anilines is 1. The van der Waals surface area contributed by atoms with Crippen molar-refractivity contribution in [3.63, 3.8) is 0 Å². The van der Waals surface area contributed by atoms with Crippen LogP contribution in [0.3, 0.4) is 0 Å². The smallest absolute Gasteiger partial charge is 0.271 e. The number of rotatable bonds is 4. The van der Waals surface area contributed by atoms with Crippen molar-refractivity contribution in [2.75, 3.05) is 4.72 Å². The van der Waals surface area contributed by atoms with Crippen molar-refractivity contribution >= 4 is 27.0 Å². The zero-order valence-electron chi connectivity index (χ0n) is 10.1. The van der Waals surface area contributed by atoms with Crippen LogP contribution >= 0.6 is 11.3 Å². The van der Waals surface area contributed by atoms with Crippen molar-refractivity contribution in [2.45, 2.75) is 17.7 Å². The van der Waals surface area contributed by atoms with Gasteiger partial charge in [-0.25, -0.2) is 12.8 Å². The maximum atomic E-state index is 13.4.